The molecule has 126 valence electrons. The molecule has 0 aliphatic rings. The fraction of sp³-hybridized carbons (Fsp3) is 0.263. The SMILES string of the molecule is Cc1cccc(OCC(=O)Oc2ccc(C(=O)OC(C)C)cc2)c1. The minimum absolute atomic E-state index is 0.186. The fourth-order valence-electron chi connectivity index (χ4n) is 1.95. The molecular weight excluding hydrogens is 308 g/mol. The van der Waals surface area contributed by atoms with Gasteiger partial charge in [0.05, 0.1) is 11.7 Å². The van der Waals surface area contributed by atoms with Crippen LogP contribution in [0.2, 0.25) is 0 Å². The van der Waals surface area contributed by atoms with E-state index in [4.69, 9.17) is 14.2 Å². The van der Waals surface area contributed by atoms with Crippen molar-refractivity contribution in [3.05, 3.63) is 59.7 Å². The monoisotopic (exact) mass is 328 g/mol. The first kappa shape index (κ1) is 17.5. The molecule has 0 saturated carbocycles. The van der Waals surface area contributed by atoms with E-state index in [1.807, 2.05) is 25.1 Å². The van der Waals surface area contributed by atoms with Crippen LogP contribution in [0.3, 0.4) is 0 Å². The smallest absolute Gasteiger partial charge is 0.349 e. The molecular formula is C19H20O5. The Balaban J connectivity index is 1.86. The second-order valence-corrected chi connectivity index (χ2v) is 5.56. The summed E-state index contributed by atoms with van der Waals surface area (Å²) in [4.78, 5) is 23.5. The molecule has 0 aromatic heterocycles. The zero-order valence-corrected chi connectivity index (χ0v) is 13.9. The second-order valence-electron chi connectivity index (χ2n) is 5.56. The van der Waals surface area contributed by atoms with Crippen molar-refractivity contribution in [2.24, 2.45) is 0 Å². The quantitative estimate of drug-likeness (QED) is 0.599. The molecule has 0 amide bonds. The van der Waals surface area contributed by atoms with E-state index in [1.54, 1.807) is 44.2 Å². The van der Waals surface area contributed by atoms with E-state index in [-0.39, 0.29) is 12.7 Å². The third-order valence-corrected chi connectivity index (χ3v) is 3.01. The zero-order chi connectivity index (χ0) is 17.5. The topological polar surface area (TPSA) is 61.8 Å². The molecule has 0 unspecified atom stereocenters. The Kier molecular flexibility index (Phi) is 5.95. The summed E-state index contributed by atoms with van der Waals surface area (Å²) in [6.45, 7) is 5.31. The van der Waals surface area contributed by atoms with Crippen LogP contribution in [-0.4, -0.2) is 24.6 Å². The summed E-state index contributed by atoms with van der Waals surface area (Å²) in [6.07, 6.45) is -0.186. The van der Waals surface area contributed by atoms with Gasteiger partial charge in [0, 0.05) is 0 Å². The van der Waals surface area contributed by atoms with Crippen LogP contribution >= 0.6 is 0 Å². The van der Waals surface area contributed by atoms with E-state index in [0.29, 0.717) is 17.1 Å². The molecule has 2 rings (SSSR count). The minimum atomic E-state index is -0.519. The Morgan fingerprint density at radius 3 is 2.33 bits per heavy atom. The fourth-order valence-corrected chi connectivity index (χ4v) is 1.95. The highest BCUT2D eigenvalue weighted by Crippen LogP contribution is 2.15. The first-order valence-corrected chi connectivity index (χ1v) is 7.65. The van der Waals surface area contributed by atoms with Crippen LogP contribution in [0.15, 0.2) is 48.5 Å². The van der Waals surface area contributed by atoms with E-state index in [2.05, 4.69) is 0 Å². The molecule has 0 radical (unpaired) electrons. The lowest BCUT2D eigenvalue weighted by molar-refractivity contribution is -0.136. The average molecular weight is 328 g/mol. The van der Waals surface area contributed by atoms with Crippen molar-refractivity contribution in [1.82, 2.24) is 0 Å². The summed E-state index contributed by atoms with van der Waals surface area (Å²) in [5.74, 6) is 0.0207. The normalized spacial score (nSPS) is 10.3. The van der Waals surface area contributed by atoms with Crippen molar-refractivity contribution in [2.45, 2.75) is 26.9 Å². The summed E-state index contributed by atoms with van der Waals surface area (Å²) in [5, 5.41) is 0. The van der Waals surface area contributed by atoms with E-state index >= 15 is 0 Å². The van der Waals surface area contributed by atoms with E-state index in [0.717, 1.165) is 5.56 Å². The highest BCUT2D eigenvalue weighted by atomic mass is 16.6. The molecule has 0 bridgehead atoms. The van der Waals surface area contributed by atoms with Crippen LogP contribution < -0.4 is 9.47 Å². The van der Waals surface area contributed by atoms with Crippen molar-refractivity contribution in [3.8, 4) is 11.5 Å². The maximum Gasteiger partial charge on any atom is 0.349 e. The van der Waals surface area contributed by atoms with Crippen LogP contribution in [-0.2, 0) is 9.53 Å². The minimum Gasteiger partial charge on any atom is -0.482 e. The van der Waals surface area contributed by atoms with Gasteiger partial charge in [-0.1, -0.05) is 12.1 Å². The lowest BCUT2D eigenvalue weighted by Crippen LogP contribution is -2.17. The Hall–Kier alpha value is -2.82. The van der Waals surface area contributed by atoms with E-state index < -0.39 is 11.9 Å². The van der Waals surface area contributed by atoms with Crippen molar-refractivity contribution in [1.29, 1.82) is 0 Å². The number of rotatable bonds is 6. The number of hydrogen-bond donors (Lipinski definition) is 0. The predicted molar refractivity (Wildman–Crippen MR) is 89.3 cm³/mol. The molecule has 0 fully saturated rings. The van der Waals surface area contributed by atoms with Gasteiger partial charge in [-0.05, 0) is 62.7 Å². The molecule has 0 aliphatic carbocycles. The molecule has 2 aromatic rings. The summed E-state index contributed by atoms with van der Waals surface area (Å²) >= 11 is 0. The Morgan fingerprint density at radius 2 is 1.71 bits per heavy atom. The Bertz CT molecular complexity index is 704. The number of hydrogen-bond acceptors (Lipinski definition) is 5. The molecule has 0 aliphatic heterocycles. The van der Waals surface area contributed by atoms with Crippen molar-refractivity contribution in [2.75, 3.05) is 6.61 Å². The molecule has 0 saturated heterocycles. The lowest BCUT2D eigenvalue weighted by atomic mass is 10.2. The lowest BCUT2D eigenvalue weighted by Gasteiger charge is -2.09. The van der Waals surface area contributed by atoms with Gasteiger partial charge in [-0.25, -0.2) is 9.59 Å². The first-order chi connectivity index (χ1) is 11.4. The van der Waals surface area contributed by atoms with Gasteiger partial charge in [0.25, 0.3) is 0 Å². The van der Waals surface area contributed by atoms with Crippen LogP contribution in [0.5, 0.6) is 11.5 Å². The molecule has 5 nitrogen and oxygen atoms in total. The third kappa shape index (κ3) is 5.43. The zero-order valence-electron chi connectivity index (χ0n) is 13.9. The van der Waals surface area contributed by atoms with Gasteiger partial charge >= 0.3 is 11.9 Å². The van der Waals surface area contributed by atoms with Gasteiger partial charge in [-0.3, -0.25) is 0 Å². The molecule has 24 heavy (non-hydrogen) atoms. The molecule has 2 aromatic carbocycles. The highest BCUT2D eigenvalue weighted by Gasteiger charge is 2.11. The van der Waals surface area contributed by atoms with Crippen LogP contribution in [0.1, 0.15) is 29.8 Å². The number of ether oxygens (including phenoxy) is 3. The van der Waals surface area contributed by atoms with Gasteiger partial charge in [0.2, 0.25) is 0 Å². The molecule has 5 heteroatoms. The maximum atomic E-state index is 11.8. The second kappa shape index (κ2) is 8.15. The highest BCUT2D eigenvalue weighted by molar-refractivity contribution is 5.89. The number of carbonyl (C=O) groups is 2. The average Bonchev–Trinajstić information content (AvgIpc) is 2.53. The Morgan fingerprint density at radius 1 is 1.00 bits per heavy atom. The van der Waals surface area contributed by atoms with Gasteiger partial charge in [-0.2, -0.15) is 0 Å². The van der Waals surface area contributed by atoms with Crippen molar-refractivity contribution in [3.63, 3.8) is 0 Å². The number of benzene rings is 2. The van der Waals surface area contributed by atoms with Gasteiger partial charge < -0.3 is 14.2 Å². The van der Waals surface area contributed by atoms with Gasteiger partial charge in [-0.15, -0.1) is 0 Å². The number of esters is 2. The van der Waals surface area contributed by atoms with Crippen LogP contribution in [0, 0.1) is 6.92 Å². The summed E-state index contributed by atoms with van der Waals surface area (Å²) in [5.41, 5.74) is 1.45. The Labute approximate surface area is 141 Å². The molecule has 0 spiro atoms. The largest absolute Gasteiger partial charge is 0.482 e. The summed E-state index contributed by atoms with van der Waals surface area (Å²) < 4.78 is 15.6. The third-order valence-electron chi connectivity index (χ3n) is 3.01. The van der Waals surface area contributed by atoms with Crippen LogP contribution in [0.4, 0.5) is 0 Å². The predicted octanol–water partition coefficient (Wildman–Crippen LogP) is 3.54. The van der Waals surface area contributed by atoms with Crippen LogP contribution in [0.25, 0.3) is 0 Å². The molecule has 0 N–H and O–H groups in total. The summed E-state index contributed by atoms with van der Waals surface area (Å²) in [7, 11) is 0. The van der Waals surface area contributed by atoms with E-state index in [9.17, 15) is 9.59 Å². The maximum absolute atomic E-state index is 11.8. The van der Waals surface area contributed by atoms with Gasteiger partial charge in [0.1, 0.15) is 11.5 Å². The summed E-state index contributed by atoms with van der Waals surface area (Å²) in [6, 6.07) is 13.6. The van der Waals surface area contributed by atoms with Gasteiger partial charge in [0.15, 0.2) is 6.61 Å². The first-order valence-electron chi connectivity index (χ1n) is 7.65. The number of aryl methyl sites for hydroxylation is 1. The number of carbonyl (C=O) groups excluding carboxylic acids is 2. The van der Waals surface area contributed by atoms with E-state index in [1.165, 1.54) is 0 Å². The molecule has 0 heterocycles. The van der Waals surface area contributed by atoms with Crippen molar-refractivity contribution < 1.29 is 23.8 Å². The molecule has 0 atom stereocenters. The van der Waals surface area contributed by atoms with Crippen molar-refractivity contribution >= 4 is 11.9 Å². The standard InChI is InChI=1S/C19H20O5/c1-13(2)23-19(21)15-7-9-16(10-8-15)24-18(20)12-22-17-6-4-5-14(3)11-17/h4-11,13H,12H2,1-3H3.